The quantitative estimate of drug-likeness (QED) is 0.629. The first-order valence-corrected chi connectivity index (χ1v) is 6.95. The molecule has 0 radical (unpaired) electrons. The van der Waals surface area contributed by atoms with Crippen molar-refractivity contribution < 1.29 is 19.5 Å². The SMILES string of the molecule is C=Cc1cccc(C(=O)OCCC)c1COc1ccn(O)n1. The summed E-state index contributed by atoms with van der Waals surface area (Å²) in [6.07, 6.45) is 3.76. The van der Waals surface area contributed by atoms with Crippen LogP contribution in [0.2, 0.25) is 0 Å². The highest BCUT2D eigenvalue weighted by Crippen LogP contribution is 2.20. The van der Waals surface area contributed by atoms with Crippen LogP contribution in [0.25, 0.3) is 6.08 Å². The second-order valence-corrected chi connectivity index (χ2v) is 4.58. The van der Waals surface area contributed by atoms with Crippen LogP contribution in [0, 0.1) is 0 Å². The van der Waals surface area contributed by atoms with E-state index < -0.39 is 5.97 Å². The molecule has 22 heavy (non-hydrogen) atoms. The summed E-state index contributed by atoms with van der Waals surface area (Å²) < 4.78 is 10.7. The first kappa shape index (κ1) is 15.6. The predicted molar refractivity (Wildman–Crippen MR) is 80.9 cm³/mol. The minimum atomic E-state index is -0.392. The summed E-state index contributed by atoms with van der Waals surface area (Å²) in [5.41, 5.74) is 1.90. The van der Waals surface area contributed by atoms with Crippen molar-refractivity contribution in [3.05, 3.63) is 53.7 Å². The van der Waals surface area contributed by atoms with Crippen molar-refractivity contribution in [3.63, 3.8) is 0 Å². The molecule has 0 amide bonds. The lowest BCUT2D eigenvalue weighted by molar-refractivity contribution is 0.0501. The lowest BCUT2D eigenvalue weighted by Crippen LogP contribution is -2.12. The molecule has 1 aromatic heterocycles. The molecule has 6 nitrogen and oxygen atoms in total. The Hall–Kier alpha value is -2.76. The molecule has 0 saturated carbocycles. The van der Waals surface area contributed by atoms with Crippen molar-refractivity contribution in [2.45, 2.75) is 20.0 Å². The van der Waals surface area contributed by atoms with E-state index in [-0.39, 0.29) is 12.5 Å². The van der Waals surface area contributed by atoms with Gasteiger partial charge in [-0.3, -0.25) is 0 Å². The average molecular weight is 302 g/mol. The van der Waals surface area contributed by atoms with Crippen LogP contribution in [0.5, 0.6) is 5.88 Å². The van der Waals surface area contributed by atoms with Gasteiger partial charge in [0.15, 0.2) is 0 Å². The third kappa shape index (κ3) is 3.66. The molecule has 0 aliphatic rings. The molecule has 0 aliphatic carbocycles. The zero-order chi connectivity index (χ0) is 15.9. The number of hydrogen-bond acceptors (Lipinski definition) is 5. The molecular weight excluding hydrogens is 284 g/mol. The summed E-state index contributed by atoms with van der Waals surface area (Å²) in [6.45, 7) is 6.17. The van der Waals surface area contributed by atoms with Crippen LogP contribution in [-0.2, 0) is 11.3 Å². The maximum absolute atomic E-state index is 12.1. The number of ether oxygens (including phenoxy) is 2. The molecule has 0 spiro atoms. The Kier molecular flexibility index (Phi) is 5.19. The van der Waals surface area contributed by atoms with Gasteiger partial charge >= 0.3 is 5.97 Å². The van der Waals surface area contributed by atoms with E-state index in [2.05, 4.69) is 11.7 Å². The van der Waals surface area contributed by atoms with E-state index >= 15 is 0 Å². The topological polar surface area (TPSA) is 73.6 Å². The zero-order valence-corrected chi connectivity index (χ0v) is 12.4. The number of benzene rings is 1. The van der Waals surface area contributed by atoms with Gasteiger partial charge in [-0.1, -0.05) is 36.8 Å². The first-order chi connectivity index (χ1) is 10.7. The monoisotopic (exact) mass is 302 g/mol. The van der Waals surface area contributed by atoms with Crippen molar-refractivity contribution in [3.8, 4) is 5.88 Å². The molecule has 0 aliphatic heterocycles. The van der Waals surface area contributed by atoms with E-state index in [1.54, 1.807) is 18.2 Å². The van der Waals surface area contributed by atoms with Gasteiger partial charge in [0.1, 0.15) is 6.61 Å². The number of esters is 1. The molecule has 1 aromatic carbocycles. The van der Waals surface area contributed by atoms with Crippen LogP contribution in [0.1, 0.15) is 34.8 Å². The molecule has 0 bridgehead atoms. The smallest absolute Gasteiger partial charge is 0.338 e. The Morgan fingerprint density at radius 1 is 1.45 bits per heavy atom. The van der Waals surface area contributed by atoms with E-state index in [1.807, 2.05) is 13.0 Å². The van der Waals surface area contributed by atoms with E-state index in [0.717, 1.165) is 12.0 Å². The van der Waals surface area contributed by atoms with Crippen molar-refractivity contribution in [2.75, 3.05) is 6.61 Å². The summed E-state index contributed by atoms with van der Waals surface area (Å²) >= 11 is 0. The van der Waals surface area contributed by atoms with Gasteiger partial charge in [-0.15, -0.1) is 4.85 Å². The number of aromatic nitrogens is 2. The molecule has 0 saturated heterocycles. The summed E-state index contributed by atoms with van der Waals surface area (Å²) in [6, 6.07) is 6.82. The van der Waals surface area contributed by atoms with Crippen LogP contribution in [0.3, 0.4) is 0 Å². The lowest BCUT2D eigenvalue weighted by Gasteiger charge is -2.12. The fourth-order valence-electron chi connectivity index (χ4n) is 1.94. The Morgan fingerprint density at radius 2 is 2.27 bits per heavy atom. The summed E-state index contributed by atoms with van der Waals surface area (Å²) in [7, 11) is 0. The third-order valence-corrected chi connectivity index (χ3v) is 3.01. The van der Waals surface area contributed by atoms with E-state index in [0.29, 0.717) is 22.6 Å². The number of rotatable bonds is 7. The maximum atomic E-state index is 12.1. The van der Waals surface area contributed by atoms with Gasteiger partial charge < -0.3 is 14.7 Å². The molecule has 6 heteroatoms. The molecule has 1 N–H and O–H groups in total. The fraction of sp³-hybridized carbons (Fsp3) is 0.250. The largest absolute Gasteiger partial charge is 0.472 e. The number of carbonyl (C=O) groups excluding carboxylic acids is 1. The summed E-state index contributed by atoms with van der Waals surface area (Å²) in [5, 5.41) is 12.8. The number of nitrogens with zero attached hydrogens (tertiary/aromatic N) is 2. The normalized spacial score (nSPS) is 10.2. The van der Waals surface area contributed by atoms with Crippen LogP contribution in [0.4, 0.5) is 0 Å². The van der Waals surface area contributed by atoms with Gasteiger partial charge in [0, 0.05) is 11.6 Å². The standard InChI is InChI=1S/C16H18N2O4/c1-3-10-21-16(19)13-7-5-6-12(4-2)14(13)11-22-15-8-9-18(20)17-15/h4-9,20H,2-3,10-11H2,1H3. The Balaban J connectivity index is 2.22. The average Bonchev–Trinajstić information content (AvgIpc) is 2.95. The van der Waals surface area contributed by atoms with Crippen LogP contribution < -0.4 is 4.74 Å². The molecule has 116 valence electrons. The maximum Gasteiger partial charge on any atom is 0.338 e. The Labute approximate surface area is 128 Å². The van der Waals surface area contributed by atoms with Crippen molar-refractivity contribution in [1.29, 1.82) is 0 Å². The van der Waals surface area contributed by atoms with Crippen LogP contribution in [0.15, 0.2) is 37.0 Å². The van der Waals surface area contributed by atoms with E-state index in [9.17, 15) is 4.79 Å². The minimum absolute atomic E-state index is 0.121. The van der Waals surface area contributed by atoms with Gasteiger partial charge in [0.25, 0.3) is 0 Å². The van der Waals surface area contributed by atoms with E-state index in [4.69, 9.17) is 14.7 Å². The molecular formula is C16H18N2O4. The Bertz CT molecular complexity index is 664. The fourth-order valence-corrected chi connectivity index (χ4v) is 1.94. The second-order valence-electron chi connectivity index (χ2n) is 4.58. The van der Waals surface area contributed by atoms with Crippen molar-refractivity contribution in [1.82, 2.24) is 9.94 Å². The summed E-state index contributed by atoms with van der Waals surface area (Å²) in [5.74, 6) is -0.133. The third-order valence-electron chi connectivity index (χ3n) is 3.01. The van der Waals surface area contributed by atoms with Crippen LogP contribution in [-0.4, -0.2) is 27.7 Å². The van der Waals surface area contributed by atoms with Gasteiger partial charge in [-0.25, -0.2) is 4.79 Å². The van der Waals surface area contributed by atoms with Crippen LogP contribution >= 0.6 is 0 Å². The molecule has 2 aromatic rings. The highest BCUT2D eigenvalue weighted by molar-refractivity contribution is 5.92. The highest BCUT2D eigenvalue weighted by atomic mass is 16.5. The highest BCUT2D eigenvalue weighted by Gasteiger charge is 2.16. The molecule has 0 unspecified atom stereocenters. The number of carbonyl (C=O) groups is 1. The van der Waals surface area contributed by atoms with E-state index in [1.165, 1.54) is 12.3 Å². The summed E-state index contributed by atoms with van der Waals surface area (Å²) in [4.78, 5) is 12.8. The second kappa shape index (κ2) is 7.31. The minimum Gasteiger partial charge on any atom is -0.472 e. The van der Waals surface area contributed by atoms with Gasteiger partial charge in [-0.2, -0.15) is 0 Å². The van der Waals surface area contributed by atoms with Gasteiger partial charge in [-0.05, 0) is 18.1 Å². The molecule has 0 fully saturated rings. The zero-order valence-electron chi connectivity index (χ0n) is 12.4. The molecule has 1 heterocycles. The first-order valence-electron chi connectivity index (χ1n) is 6.95. The predicted octanol–water partition coefficient (Wildman–Crippen LogP) is 2.91. The molecule has 2 rings (SSSR count). The Morgan fingerprint density at radius 3 is 2.91 bits per heavy atom. The molecule has 0 atom stereocenters. The lowest BCUT2D eigenvalue weighted by atomic mass is 10.0. The van der Waals surface area contributed by atoms with Crippen molar-refractivity contribution in [2.24, 2.45) is 0 Å². The van der Waals surface area contributed by atoms with Gasteiger partial charge in [0.2, 0.25) is 5.88 Å². The van der Waals surface area contributed by atoms with Crippen molar-refractivity contribution >= 4 is 12.0 Å². The van der Waals surface area contributed by atoms with Gasteiger partial charge in [0.05, 0.1) is 18.4 Å². The number of hydrogen-bond donors (Lipinski definition) is 1.